The highest BCUT2D eigenvalue weighted by Crippen LogP contribution is 2.23. The molecule has 162 valence electrons. The Bertz CT molecular complexity index is 912. The van der Waals surface area contributed by atoms with Gasteiger partial charge in [0.2, 0.25) is 5.91 Å². The first kappa shape index (κ1) is 21.2. The number of morpholine rings is 1. The minimum absolute atomic E-state index is 0.106. The molecule has 0 saturated carbocycles. The van der Waals surface area contributed by atoms with E-state index in [9.17, 15) is 14.4 Å². The number of unbranched alkanes of at least 4 members (excludes halogenated alkanes) is 1. The summed E-state index contributed by atoms with van der Waals surface area (Å²) in [6, 6.07) is 16.9. The molecule has 2 aliphatic rings. The first-order valence-electron chi connectivity index (χ1n) is 10.7. The van der Waals surface area contributed by atoms with Gasteiger partial charge in [0.25, 0.3) is 11.8 Å². The topological polar surface area (TPSA) is 79.0 Å². The van der Waals surface area contributed by atoms with Crippen LogP contribution in [-0.4, -0.2) is 66.9 Å². The first-order chi connectivity index (χ1) is 15.1. The van der Waals surface area contributed by atoms with Crippen LogP contribution in [0.2, 0.25) is 0 Å². The van der Waals surface area contributed by atoms with Gasteiger partial charge in [0.05, 0.1) is 23.8 Å². The van der Waals surface area contributed by atoms with Crippen molar-refractivity contribution in [3.05, 3.63) is 71.3 Å². The average Bonchev–Trinajstić information content (AvgIpc) is 3.05. The molecule has 1 fully saturated rings. The van der Waals surface area contributed by atoms with Gasteiger partial charge >= 0.3 is 0 Å². The van der Waals surface area contributed by atoms with E-state index in [-0.39, 0.29) is 18.6 Å². The van der Waals surface area contributed by atoms with Crippen LogP contribution in [0.4, 0.5) is 0 Å². The molecule has 0 radical (unpaired) electrons. The van der Waals surface area contributed by atoms with E-state index in [2.05, 4.69) is 22.3 Å². The molecule has 1 atom stereocenters. The van der Waals surface area contributed by atoms with Gasteiger partial charge in [-0.3, -0.25) is 24.2 Å². The normalized spacial score (nSPS) is 18.8. The van der Waals surface area contributed by atoms with Crippen LogP contribution in [0.5, 0.6) is 0 Å². The number of rotatable bonds is 8. The highest BCUT2D eigenvalue weighted by Gasteiger charge is 2.36. The van der Waals surface area contributed by atoms with Crippen molar-refractivity contribution >= 4 is 17.7 Å². The van der Waals surface area contributed by atoms with E-state index in [1.807, 2.05) is 18.2 Å². The zero-order valence-electron chi connectivity index (χ0n) is 17.5. The molecule has 2 aromatic rings. The van der Waals surface area contributed by atoms with Crippen molar-refractivity contribution in [3.63, 3.8) is 0 Å². The fourth-order valence-electron chi connectivity index (χ4n) is 4.05. The molecule has 2 aromatic carbocycles. The Kier molecular flexibility index (Phi) is 6.74. The van der Waals surface area contributed by atoms with Crippen LogP contribution in [-0.2, 0) is 9.53 Å². The van der Waals surface area contributed by atoms with Crippen molar-refractivity contribution in [1.82, 2.24) is 15.1 Å². The molecule has 4 rings (SSSR count). The van der Waals surface area contributed by atoms with E-state index in [0.717, 1.165) is 44.0 Å². The van der Waals surface area contributed by atoms with E-state index in [4.69, 9.17) is 4.74 Å². The van der Waals surface area contributed by atoms with Crippen LogP contribution in [0.3, 0.4) is 0 Å². The molecule has 3 amide bonds. The molecule has 0 spiro atoms. The Balaban J connectivity index is 1.15. The smallest absolute Gasteiger partial charge is 0.262 e. The third kappa shape index (κ3) is 5.00. The van der Waals surface area contributed by atoms with Crippen LogP contribution < -0.4 is 5.32 Å². The predicted octanol–water partition coefficient (Wildman–Crippen LogP) is 2.25. The van der Waals surface area contributed by atoms with Crippen molar-refractivity contribution in [2.75, 3.05) is 39.3 Å². The number of fused-ring (bicyclic) bond motifs is 1. The van der Waals surface area contributed by atoms with E-state index in [1.165, 1.54) is 5.56 Å². The first-order valence-corrected chi connectivity index (χ1v) is 10.7. The number of imide groups is 1. The van der Waals surface area contributed by atoms with Gasteiger partial charge < -0.3 is 10.1 Å². The lowest BCUT2D eigenvalue weighted by molar-refractivity contribution is -0.121. The van der Waals surface area contributed by atoms with Crippen LogP contribution in [0.15, 0.2) is 54.6 Å². The Morgan fingerprint density at radius 3 is 2.35 bits per heavy atom. The molecular weight excluding hydrogens is 394 g/mol. The maximum Gasteiger partial charge on any atom is 0.262 e. The number of amides is 3. The van der Waals surface area contributed by atoms with E-state index >= 15 is 0 Å². The molecular formula is C24H27N3O4. The highest BCUT2D eigenvalue weighted by molar-refractivity contribution is 6.22. The summed E-state index contributed by atoms with van der Waals surface area (Å²) in [6.45, 7) is 3.73. The summed E-state index contributed by atoms with van der Waals surface area (Å²) in [5, 5.41) is 2.82. The van der Waals surface area contributed by atoms with Crippen molar-refractivity contribution in [2.45, 2.75) is 18.9 Å². The summed E-state index contributed by atoms with van der Waals surface area (Å²) < 4.78 is 5.90. The summed E-state index contributed by atoms with van der Waals surface area (Å²) in [6.07, 6.45) is 1.89. The molecule has 0 bridgehead atoms. The minimum atomic E-state index is -0.406. The van der Waals surface area contributed by atoms with Crippen LogP contribution >= 0.6 is 0 Å². The monoisotopic (exact) mass is 421 g/mol. The average molecular weight is 421 g/mol. The van der Waals surface area contributed by atoms with Gasteiger partial charge in [-0.25, -0.2) is 0 Å². The van der Waals surface area contributed by atoms with Crippen molar-refractivity contribution in [1.29, 1.82) is 0 Å². The summed E-state index contributed by atoms with van der Waals surface area (Å²) in [5.74, 6) is -1.13. The fraction of sp³-hybridized carbons (Fsp3) is 0.375. The fourth-order valence-corrected chi connectivity index (χ4v) is 4.05. The number of hydrogen-bond acceptors (Lipinski definition) is 5. The van der Waals surface area contributed by atoms with Gasteiger partial charge in [-0.15, -0.1) is 0 Å². The number of nitrogens with zero attached hydrogens (tertiary/aromatic N) is 2. The quantitative estimate of drug-likeness (QED) is 0.523. The second-order valence-electron chi connectivity index (χ2n) is 7.87. The van der Waals surface area contributed by atoms with Gasteiger partial charge in [0.1, 0.15) is 6.54 Å². The largest absolute Gasteiger partial charge is 0.371 e. The lowest BCUT2D eigenvalue weighted by Gasteiger charge is -2.33. The molecule has 2 aliphatic heterocycles. The Morgan fingerprint density at radius 1 is 0.968 bits per heavy atom. The molecule has 31 heavy (non-hydrogen) atoms. The minimum Gasteiger partial charge on any atom is -0.371 e. The Morgan fingerprint density at radius 2 is 1.65 bits per heavy atom. The van der Waals surface area contributed by atoms with Crippen LogP contribution in [0, 0.1) is 0 Å². The molecule has 2 heterocycles. The van der Waals surface area contributed by atoms with Crippen LogP contribution in [0.25, 0.3) is 0 Å². The SMILES string of the molecule is O=C(CN1C(=O)c2ccccc2C1=O)NCCCCN1CCOC(c2ccccc2)C1. The van der Waals surface area contributed by atoms with Crippen LogP contribution in [0.1, 0.15) is 45.2 Å². The van der Waals surface area contributed by atoms with E-state index in [1.54, 1.807) is 24.3 Å². The second kappa shape index (κ2) is 9.85. The summed E-state index contributed by atoms with van der Waals surface area (Å²) in [5.41, 5.74) is 1.92. The maximum atomic E-state index is 12.3. The van der Waals surface area contributed by atoms with Crippen molar-refractivity contribution in [3.8, 4) is 0 Å². The molecule has 0 aliphatic carbocycles. The second-order valence-corrected chi connectivity index (χ2v) is 7.87. The molecule has 1 unspecified atom stereocenters. The predicted molar refractivity (Wildman–Crippen MR) is 116 cm³/mol. The number of nitrogens with one attached hydrogen (secondary N) is 1. The van der Waals surface area contributed by atoms with E-state index < -0.39 is 11.8 Å². The van der Waals surface area contributed by atoms with E-state index in [0.29, 0.717) is 17.7 Å². The number of carbonyl (C=O) groups excluding carboxylic acids is 3. The number of hydrogen-bond donors (Lipinski definition) is 1. The lowest BCUT2D eigenvalue weighted by Crippen LogP contribution is -2.41. The summed E-state index contributed by atoms with van der Waals surface area (Å²) in [4.78, 5) is 40.3. The highest BCUT2D eigenvalue weighted by atomic mass is 16.5. The molecule has 0 aromatic heterocycles. The number of benzene rings is 2. The van der Waals surface area contributed by atoms with Gasteiger partial charge in [-0.2, -0.15) is 0 Å². The lowest BCUT2D eigenvalue weighted by atomic mass is 10.1. The summed E-state index contributed by atoms with van der Waals surface area (Å²) >= 11 is 0. The summed E-state index contributed by atoms with van der Waals surface area (Å²) in [7, 11) is 0. The maximum absolute atomic E-state index is 12.3. The molecule has 7 heteroatoms. The third-order valence-electron chi connectivity index (χ3n) is 5.73. The van der Waals surface area contributed by atoms with Gasteiger partial charge in [0.15, 0.2) is 0 Å². The molecule has 1 saturated heterocycles. The van der Waals surface area contributed by atoms with Crippen molar-refractivity contribution in [2.24, 2.45) is 0 Å². The van der Waals surface area contributed by atoms with Gasteiger partial charge in [-0.1, -0.05) is 42.5 Å². The van der Waals surface area contributed by atoms with Gasteiger partial charge in [0, 0.05) is 19.6 Å². The molecule has 1 N–H and O–H groups in total. The molecule has 7 nitrogen and oxygen atoms in total. The third-order valence-corrected chi connectivity index (χ3v) is 5.73. The Labute approximate surface area is 182 Å². The number of ether oxygens (including phenoxy) is 1. The standard InChI is InChI=1S/C24H27N3O4/c28-22(17-27-23(29)19-10-4-5-11-20(19)24(27)30)25-12-6-7-13-26-14-15-31-21(16-26)18-8-2-1-3-9-18/h1-5,8-11,21H,6-7,12-17H2,(H,25,28). The number of carbonyl (C=O) groups is 3. The Hall–Kier alpha value is -3.03. The zero-order valence-corrected chi connectivity index (χ0v) is 17.5. The van der Waals surface area contributed by atoms with Crippen molar-refractivity contribution < 1.29 is 19.1 Å². The van der Waals surface area contributed by atoms with Gasteiger partial charge in [-0.05, 0) is 37.1 Å². The zero-order chi connectivity index (χ0) is 21.6.